The Kier molecular flexibility index (Phi) is 13.1. The van der Waals surface area contributed by atoms with E-state index in [1.807, 2.05) is 0 Å². The number of carboxylic acid groups (broad SMARTS) is 1. The van der Waals surface area contributed by atoms with Gasteiger partial charge in [0.2, 0.25) is 5.92 Å². The fraction of sp³-hybridized carbons (Fsp3) is 0.514. The maximum absolute atomic E-state index is 17.3. The standard InChI is InChI=1S/C37H47F3N4O11S/c1-8-14-52-32(46)41-56(50,51)43(21-29(45)54-35(2,3)4)31-28(53-22-23-12-10-9-11-13-23)16-27-26(30(31)38)15-25(44(27)33(47)48)20-42(34(49)55-36(5,6)7)19-24-17-37(39,40)18-24/h8-13,16,24-25H,1,14-15,17-22H2,2-7H3,(H,41,46)(H,47,48)/t25-/m1/s1. The molecule has 19 heteroatoms. The average Bonchev–Trinajstić information content (AvgIpc) is 3.41. The monoisotopic (exact) mass is 812 g/mol. The number of hydrogen-bond donors (Lipinski definition) is 2. The second-order valence-corrected chi connectivity index (χ2v) is 17.0. The lowest BCUT2D eigenvalue weighted by atomic mass is 9.81. The topological polar surface area (TPSA) is 181 Å². The molecule has 1 fully saturated rings. The zero-order valence-corrected chi connectivity index (χ0v) is 32.8. The lowest BCUT2D eigenvalue weighted by Crippen LogP contribution is -2.51. The minimum atomic E-state index is -5.22. The maximum Gasteiger partial charge on any atom is 0.422 e. The zero-order valence-electron chi connectivity index (χ0n) is 32.0. The maximum atomic E-state index is 17.3. The molecular weight excluding hydrogens is 765 g/mol. The highest BCUT2D eigenvalue weighted by Crippen LogP contribution is 2.46. The first kappa shape index (κ1) is 43.5. The summed E-state index contributed by atoms with van der Waals surface area (Å²) in [6, 6.07) is 8.22. The predicted molar refractivity (Wildman–Crippen MR) is 197 cm³/mol. The van der Waals surface area contributed by atoms with Crippen LogP contribution in [0.25, 0.3) is 0 Å². The molecule has 2 aromatic rings. The smallest absolute Gasteiger partial charge is 0.422 e. The van der Waals surface area contributed by atoms with E-state index in [1.54, 1.807) is 55.8 Å². The minimum Gasteiger partial charge on any atom is -0.487 e. The fourth-order valence-electron chi connectivity index (χ4n) is 6.19. The SMILES string of the molecule is C=CCOC(=O)NS(=O)(=O)N(CC(=O)OC(C)(C)C)c1c(OCc2ccccc2)cc2c(c1F)C[C@H](CN(CC1CC(F)(F)C1)C(=O)OC(C)(C)C)N2C(=O)O. The van der Waals surface area contributed by atoms with Gasteiger partial charge in [-0.05, 0) is 53.0 Å². The molecule has 0 saturated heterocycles. The van der Waals surface area contributed by atoms with Crippen LogP contribution in [0.1, 0.15) is 65.5 Å². The van der Waals surface area contributed by atoms with Gasteiger partial charge in [-0.25, -0.2) is 36.6 Å². The fourth-order valence-corrected chi connectivity index (χ4v) is 7.25. The van der Waals surface area contributed by atoms with Gasteiger partial charge in [-0.1, -0.05) is 43.0 Å². The van der Waals surface area contributed by atoms with Gasteiger partial charge < -0.3 is 29.0 Å². The number of rotatable bonds is 14. The van der Waals surface area contributed by atoms with Gasteiger partial charge in [-0.2, -0.15) is 8.42 Å². The summed E-state index contributed by atoms with van der Waals surface area (Å²) in [5.41, 5.74) is -3.10. The number of carbonyl (C=O) groups excluding carboxylic acids is 3. The first-order valence-corrected chi connectivity index (χ1v) is 19.0. The number of nitrogens with one attached hydrogen (secondary N) is 1. The molecule has 3 amide bonds. The third kappa shape index (κ3) is 11.4. The molecular formula is C37H47F3N4O11S. The summed E-state index contributed by atoms with van der Waals surface area (Å²) < 4.78 is 96.0. The van der Waals surface area contributed by atoms with Crippen molar-refractivity contribution in [2.75, 3.05) is 35.4 Å². The average molecular weight is 813 g/mol. The van der Waals surface area contributed by atoms with Gasteiger partial charge in [0.25, 0.3) is 0 Å². The Hall–Kier alpha value is -5.20. The van der Waals surface area contributed by atoms with Gasteiger partial charge in [0, 0.05) is 44.0 Å². The van der Waals surface area contributed by atoms with Gasteiger partial charge in [-0.3, -0.25) is 9.69 Å². The van der Waals surface area contributed by atoms with E-state index >= 15 is 4.39 Å². The lowest BCUT2D eigenvalue weighted by molar-refractivity contribution is -0.152. The van der Waals surface area contributed by atoms with Gasteiger partial charge in [0.15, 0.2) is 5.82 Å². The largest absolute Gasteiger partial charge is 0.487 e. The molecule has 0 aromatic heterocycles. The number of halogens is 3. The number of esters is 1. The molecule has 308 valence electrons. The van der Waals surface area contributed by atoms with Crippen LogP contribution >= 0.6 is 0 Å². The Morgan fingerprint density at radius 2 is 1.66 bits per heavy atom. The number of fused-ring (bicyclic) bond motifs is 1. The molecule has 2 N–H and O–H groups in total. The van der Waals surface area contributed by atoms with E-state index in [1.165, 1.54) is 20.8 Å². The first-order chi connectivity index (χ1) is 25.9. The lowest BCUT2D eigenvalue weighted by Gasteiger charge is -2.39. The molecule has 2 aromatic carbocycles. The van der Waals surface area contributed by atoms with Gasteiger partial charge >= 0.3 is 34.5 Å². The summed E-state index contributed by atoms with van der Waals surface area (Å²) in [4.78, 5) is 53.8. The predicted octanol–water partition coefficient (Wildman–Crippen LogP) is 6.40. The van der Waals surface area contributed by atoms with Crippen LogP contribution in [0.4, 0.5) is 38.9 Å². The van der Waals surface area contributed by atoms with Crippen LogP contribution in [-0.4, -0.2) is 92.1 Å². The minimum absolute atomic E-state index is 0.209. The number of alkyl halides is 2. The molecule has 4 rings (SSSR count). The number of hydrogen-bond acceptors (Lipinski definition) is 10. The van der Waals surface area contributed by atoms with Crippen LogP contribution < -0.4 is 18.7 Å². The van der Waals surface area contributed by atoms with Crippen molar-refractivity contribution in [1.29, 1.82) is 0 Å². The Balaban J connectivity index is 1.85. The third-order valence-corrected chi connectivity index (χ3v) is 9.62. The number of ether oxygens (including phenoxy) is 4. The van der Waals surface area contributed by atoms with Crippen LogP contribution in [0, 0.1) is 11.7 Å². The molecule has 0 bridgehead atoms. The van der Waals surface area contributed by atoms with E-state index in [-0.39, 0.29) is 28.7 Å². The molecule has 1 aliphatic heterocycles. The molecule has 56 heavy (non-hydrogen) atoms. The molecule has 0 spiro atoms. The van der Waals surface area contributed by atoms with Crippen LogP contribution in [0.5, 0.6) is 5.75 Å². The number of anilines is 2. The number of amides is 3. The van der Waals surface area contributed by atoms with Crippen LogP contribution in [0.15, 0.2) is 49.1 Å². The van der Waals surface area contributed by atoms with Crippen molar-refractivity contribution in [3.63, 3.8) is 0 Å². The van der Waals surface area contributed by atoms with Crippen molar-refractivity contribution in [1.82, 2.24) is 9.62 Å². The first-order valence-electron chi connectivity index (χ1n) is 17.6. The van der Waals surface area contributed by atoms with Crippen molar-refractivity contribution in [2.45, 2.75) is 90.6 Å². The summed E-state index contributed by atoms with van der Waals surface area (Å²) in [5.74, 6) is -6.59. The quantitative estimate of drug-likeness (QED) is 0.122. The Labute approximate surface area is 323 Å². The Morgan fingerprint density at radius 1 is 1.04 bits per heavy atom. The molecule has 1 heterocycles. The van der Waals surface area contributed by atoms with Crippen molar-refractivity contribution in [3.8, 4) is 5.75 Å². The highest BCUT2D eigenvalue weighted by molar-refractivity contribution is 7.91. The number of carbonyl (C=O) groups is 4. The number of nitrogens with zero attached hydrogens (tertiary/aromatic N) is 3. The summed E-state index contributed by atoms with van der Waals surface area (Å²) in [7, 11) is -5.22. The van der Waals surface area contributed by atoms with E-state index in [0.717, 1.165) is 21.9 Å². The molecule has 1 saturated carbocycles. The highest BCUT2D eigenvalue weighted by Gasteiger charge is 2.48. The second-order valence-electron chi connectivity index (χ2n) is 15.4. The zero-order chi connectivity index (χ0) is 41.8. The highest BCUT2D eigenvalue weighted by atomic mass is 32.2. The normalized spacial score (nSPS) is 16.5. The van der Waals surface area contributed by atoms with Crippen LogP contribution in [0.3, 0.4) is 0 Å². The van der Waals surface area contributed by atoms with Crippen molar-refractivity contribution >= 4 is 45.8 Å². The van der Waals surface area contributed by atoms with Crippen molar-refractivity contribution in [3.05, 3.63) is 66.0 Å². The molecule has 15 nitrogen and oxygen atoms in total. The van der Waals surface area contributed by atoms with E-state index in [4.69, 9.17) is 18.9 Å². The molecule has 1 aliphatic carbocycles. The Morgan fingerprint density at radius 3 is 2.21 bits per heavy atom. The van der Waals surface area contributed by atoms with E-state index in [9.17, 15) is 41.5 Å². The van der Waals surface area contributed by atoms with Gasteiger partial charge in [0.1, 0.15) is 42.4 Å². The van der Waals surface area contributed by atoms with E-state index < -0.39 is 120 Å². The van der Waals surface area contributed by atoms with Gasteiger partial charge in [0.05, 0.1) is 11.7 Å². The summed E-state index contributed by atoms with van der Waals surface area (Å²) in [6.07, 6.45) is -4.28. The van der Waals surface area contributed by atoms with E-state index in [2.05, 4.69) is 6.58 Å². The van der Waals surface area contributed by atoms with Crippen molar-refractivity contribution in [2.24, 2.45) is 5.92 Å². The van der Waals surface area contributed by atoms with Gasteiger partial charge in [-0.15, -0.1) is 0 Å². The second kappa shape index (κ2) is 16.9. The molecule has 2 aliphatic rings. The molecule has 0 unspecified atom stereocenters. The summed E-state index contributed by atoms with van der Waals surface area (Å²) >= 11 is 0. The van der Waals surface area contributed by atoms with E-state index in [0.29, 0.717) is 5.56 Å². The summed E-state index contributed by atoms with van der Waals surface area (Å²) in [5, 5.41) is 10.5. The summed E-state index contributed by atoms with van der Waals surface area (Å²) in [6.45, 7) is 10.2. The van der Waals surface area contributed by atoms with Crippen molar-refractivity contribution < 1.29 is 64.8 Å². The van der Waals surface area contributed by atoms with Crippen LogP contribution in [0.2, 0.25) is 0 Å². The molecule has 1 atom stereocenters. The Bertz CT molecular complexity index is 1910. The third-order valence-electron chi connectivity index (χ3n) is 8.30. The molecule has 0 radical (unpaired) electrons. The number of benzene rings is 2. The van der Waals surface area contributed by atoms with Crippen LogP contribution in [-0.2, 0) is 42.2 Å².